The maximum absolute atomic E-state index is 2.23. The van der Waals surface area contributed by atoms with Gasteiger partial charge in [0.15, 0.2) is 0 Å². The Kier molecular flexibility index (Phi) is 7.83. The van der Waals surface area contributed by atoms with Gasteiger partial charge in [-0.2, -0.15) is 0 Å². The van der Waals surface area contributed by atoms with E-state index in [9.17, 15) is 0 Å². The minimum Gasteiger partial charge on any atom is -0.0843 e. The molecule has 0 saturated carbocycles. The number of hydrogen-bond donors (Lipinski definition) is 0. The number of hydrogen-bond acceptors (Lipinski definition) is 0. The average molecular weight is 142 g/mol. The van der Waals surface area contributed by atoms with E-state index in [1.165, 1.54) is 0 Å². The van der Waals surface area contributed by atoms with Gasteiger partial charge in [0.25, 0.3) is 0 Å². The van der Waals surface area contributed by atoms with Gasteiger partial charge in [0, 0.05) is 0 Å². The third-order valence-electron chi connectivity index (χ3n) is 0.900. The van der Waals surface area contributed by atoms with Crippen LogP contribution in [-0.4, -0.2) is 0 Å². The largest absolute Gasteiger partial charge is 0.0843 e. The van der Waals surface area contributed by atoms with Gasteiger partial charge in [0.2, 0.25) is 0 Å². The Morgan fingerprint density at radius 3 is 1.78 bits per heavy atom. The maximum Gasteiger partial charge on any atom is -0.0376 e. The predicted octanol–water partition coefficient (Wildman–Crippen LogP) is 3.51. The molecule has 0 nitrogen and oxygen atoms in total. The summed E-state index contributed by atoms with van der Waals surface area (Å²) in [4.78, 5) is 0. The van der Waals surface area contributed by atoms with Gasteiger partial charge in [0.1, 0.15) is 0 Å². The Morgan fingerprint density at radius 2 is 1.44 bits per heavy atom. The Labute approximate surface area is 59.8 Å². The van der Waals surface area contributed by atoms with Crippen molar-refractivity contribution in [3.05, 3.63) is 23.8 Å². The van der Waals surface area contributed by atoms with Crippen LogP contribution >= 0.6 is 8.58 Å². The zero-order valence-corrected chi connectivity index (χ0v) is 7.22. The van der Waals surface area contributed by atoms with Crippen molar-refractivity contribution in [2.24, 2.45) is 0 Å². The molecule has 52 valence electrons. The Balaban J connectivity index is 3.08. The van der Waals surface area contributed by atoms with E-state index in [2.05, 4.69) is 37.6 Å². The van der Waals surface area contributed by atoms with Crippen LogP contribution in [0.3, 0.4) is 0 Å². The van der Waals surface area contributed by atoms with E-state index >= 15 is 0 Å². The van der Waals surface area contributed by atoms with Crippen molar-refractivity contribution in [2.45, 2.75) is 26.7 Å². The highest BCUT2D eigenvalue weighted by atomic mass is 31.1. The monoisotopic (exact) mass is 142 g/mol. The lowest BCUT2D eigenvalue weighted by Crippen LogP contribution is -1.48. The molecule has 0 aliphatic heterocycles. The fraction of sp³-hybridized carbons (Fsp3) is 0.500. The van der Waals surface area contributed by atoms with Gasteiger partial charge in [-0.15, -0.1) is 0 Å². The summed E-state index contributed by atoms with van der Waals surface area (Å²) >= 11 is 0. The molecule has 1 heteroatoms. The second kappa shape index (κ2) is 7.91. The van der Waals surface area contributed by atoms with Crippen molar-refractivity contribution in [3.63, 3.8) is 0 Å². The van der Waals surface area contributed by atoms with E-state index < -0.39 is 0 Å². The first kappa shape index (κ1) is 8.91. The molecule has 0 radical (unpaired) electrons. The van der Waals surface area contributed by atoms with Gasteiger partial charge in [-0.05, 0) is 12.8 Å². The molecular weight excluding hydrogens is 127 g/mol. The summed E-state index contributed by atoms with van der Waals surface area (Å²) in [5.41, 5.74) is 0. The molecule has 0 aliphatic rings. The molecule has 0 amide bonds. The van der Waals surface area contributed by atoms with Crippen LogP contribution in [-0.2, 0) is 0 Å². The van der Waals surface area contributed by atoms with Crippen molar-refractivity contribution >= 4 is 8.58 Å². The van der Waals surface area contributed by atoms with Gasteiger partial charge in [0.05, 0.1) is 0 Å². The molecule has 0 unspecified atom stereocenters. The highest BCUT2D eigenvalue weighted by molar-refractivity contribution is 7.45. The molecule has 0 fully saturated rings. The lowest BCUT2D eigenvalue weighted by Gasteiger charge is -1.80. The van der Waals surface area contributed by atoms with Crippen LogP contribution in [0.2, 0.25) is 0 Å². The quantitative estimate of drug-likeness (QED) is 0.527. The highest BCUT2D eigenvalue weighted by Gasteiger charge is 1.67. The van der Waals surface area contributed by atoms with Crippen LogP contribution < -0.4 is 0 Å². The molecule has 0 aromatic heterocycles. The molecule has 0 atom stereocenters. The van der Waals surface area contributed by atoms with Crippen molar-refractivity contribution in [3.8, 4) is 0 Å². The van der Waals surface area contributed by atoms with E-state index in [4.69, 9.17) is 0 Å². The van der Waals surface area contributed by atoms with E-state index in [1.54, 1.807) is 0 Å². The van der Waals surface area contributed by atoms with Crippen molar-refractivity contribution in [2.75, 3.05) is 0 Å². The van der Waals surface area contributed by atoms with Gasteiger partial charge in [-0.3, -0.25) is 0 Å². The molecule has 0 aliphatic carbocycles. The van der Waals surface area contributed by atoms with E-state index in [-0.39, 0.29) is 0 Å². The SMILES string of the molecule is CCC=CPC=CCC. The van der Waals surface area contributed by atoms with E-state index in [1.807, 2.05) is 0 Å². The summed E-state index contributed by atoms with van der Waals surface area (Å²) in [6.45, 7) is 4.31. The third kappa shape index (κ3) is 7.91. The fourth-order valence-electron chi connectivity index (χ4n) is 0.427. The van der Waals surface area contributed by atoms with Crippen LogP contribution in [0.1, 0.15) is 26.7 Å². The van der Waals surface area contributed by atoms with Gasteiger partial charge >= 0.3 is 0 Å². The molecule has 0 rings (SSSR count). The summed E-state index contributed by atoms with van der Waals surface area (Å²) in [6.07, 6.45) is 6.73. The Hall–Kier alpha value is -0.0900. The highest BCUT2D eigenvalue weighted by Crippen LogP contribution is 2.13. The average Bonchev–Trinajstić information content (AvgIpc) is 1.89. The molecule has 0 heterocycles. The molecular formula is C8H15P. The topological polar surface area (TPSA) is 0 Å². The number of allylic oxidation sites excluding steroid dienone is 2. The molecule has 0 aromatic carbocycles. The second-order valence-corrected chi connectivity index (χ2v) is 2.79. The molecule has 0 aromatic rings. The first-order valence-electron chi connectivity index (χ1n) is 3.47. The van der Waals surface area contributed by atoms with E-state index in [0.29, 0.717) is 0 Å². The minimum atomic E-state index is 0.885. The zero-order valence-electron chi connectivity index (χ0n) is 6.22. The third-order valence-corrected chi connectivity index (χ3v) is 1.76. The van der Waals surface area contributed by atoms with Gasteiger partial charge in [-0.1, -0.05) is 46.2 Å². The first-order valence-corrected chi connectivity index (χ1v) is 4.63. The van der Waals surface area contributed by atoms with Crippen LogP contribution in [0.4, 0.5) is 0 Å². The van der Waals surface area contributed by atoms with Crippen LogP contribution in [0.15, 0.2) is 23.8 Å². The zero-order chi connectivity index (χ0) is 6.95. The summed E-state index contributed by atoms with van der Waals surface area (Å²) in [5.74, 6) is 4.46. The summed E-state index contributed by atoms with van der Waals surface area (Å²) in [7, 11) is 0.885. The number of rotatable bonds is 4. The standard InChI is InChI=1S/C8H15P/c1-3-5-7-9-8-6-4-2/h5-9H,3-4H2,1-2H3. The van der Waals surface area contributed by atoms with Crippen molar-refractivity contribution < 1.29 is 0 Å². The molecule has 0 spiro atoms. The van der Waals surface area contributed by atoms with E-state index in [0.717, 1.165) is 21.4 Å². The lowest BCUT2D eigenvalue weighted by atomic mass is 10.5. The minimum absolute atomic E-state index is 0.885. The Bertz CT molecular complexity index is 80.7. The predicted molar refractivity (Wildman–Crippen MR) is 47.2 cm³/mol. The summed E-state index contributed by atoms with van der Waals surface area (Å²) < 4.78 is 0. The fourth-order valence-corrected chi connectivity index (χ4v) is 1.28. The smallest absolute Gasteiger partial charge is 0.0376 e. The van der Waals surface area contributed by atoms with Crippen LogP contribution in [0, 0.1) is 0 Å². The van der Waals surface area contributed by atoms with Crippen molar-refractivity contribution in [1.82, 2.24) is 0 Å². The summed E-state index contributed by atoms with van der Waals surface area (Å²) in [6, 6.07) is 0. The Morgan fingerprint density at radius 1 is 1.00 bits per heavy atom. The van der Waals surface area contributed by atoms with Crippen molar-refractivity contribution in [1.29, 1.82) is 0 Å². The molecule has 0 saturated heterocycles. The normalized spacial score (nSPS) is 13.1. The maximum atomic E-state index is 2.23. The lowest BCUT2D eigenvalue weighted by molar-refractivity contribution is 1.23. The molecule has 9 heavy (non-hydrogen) atoms. The summed E-state index contributed by atoms with van der Waals surface area (Å²) in [5, 5.41) is 0. The van der Waals surface area contributed by atoms with Gasteiger partial charge < -0.3 is 0 Å². The van der Waals surface area contributed by atoms with Gasteiger partial charge in [-0.25, -0.2) is 0 Å². The first-order chi connectivity index (χ1) is 4.41. The second-order valence-electron chi connectivity index (χ2n) is 1.79. The van der Waals surface area contributed by atoms with Crippen LogP contribution in [0.5, 0.6) is 0 Å². The van der Waals surface area contributed by atoms with Crippen LogP contribution in [0.25, 0.3) is 0 Å². The molecule has 0 bridgehead atoms. The molecule has 0 N–H and O–H groups in total.